The lowest BCUT2D eigenvalue weighted by Gasteiger charge is -2.16. The summed E-state index contributed by atoms with van der Waals surface area (Å²) in [4.78, 5) is 4.57. The molecule has 0 aliphatic heterocycles. The Labute approximate surface area is 192 Å². The molecule has 0 saturated heterocycles. The van der Waals surface area contributed by atoms with Gasteiger partial charge in [-0.3, -0.25) is 4.57 Å². The van der Waals surface area contributed by atoms with Crippen LogP contribution in [0.1, 0.15) is 38.8 Å². The molecule has 0 fully saturated rings. The lowest BCUT2D eigenvalue weighted by Crippen LogP contribution is -2.02. The molecule has 1 heterocycles. The fourth-order valence-corrected chi connectivity index (χ4v) is 3.26. The van der Waals surface area contributed by atoms with Crippen molar-refractivity contribution in [2.24, 2.45) is 11.8 Å². The Balaban J connectivity index is 0.000000427. The van der Waals surface area contributed by atoms with Crippen LogP contribution in [0.25, 0.3) is 17.1 Å². The number of hydrogen-bond acceptors (Lipinski definition) is 2. The van der Waals surface area contributed by atoms with Gasteiger partial charge in [0.1, 0.15) is 17.3 Å². The monoisotopic (exact) mass is 426 g/mol. The predicted molar refractivity (Wildman–Crippen MR) is 135 cm³/mol. The Kier molecular flexibility index (Phi) is 7.88. The van der Waals surface area contributed by atoms with Crippen LogP contribution in [0.3, 0.4) is 0 Å². The molecule has 0 spiro atoms. The summed E-state index contributed by atoms with van der Waals surface area (Å²) >= 11 is 0. The molecule has 0 saturated carbocycles. The van der Waals surface area contributed by atoms with Crippen molar-refractivity contribution in [3.8, 4) is 28.6 Å². The summed E-state index contributed by atoms with van der Waals surface area (Å²) in [6.45, 7) is 13.2. The average molecular weight is 427 g/mol. The van der Waals surface area contributed by atoms with Gasteiger partial charge >= 0.3 is 0 Å². The first kappa shape index (κ1) is 23.3. The second-order valence-electron chi connectivity index (χ2n) is 8.80. The first-order valence-corrected chi connectivity index (χ1v) is 11.3. The smallest absolute Gasteiger partial charge is 0.144 e. The molecule has 0 aliphatic carbocycles. The highest BCUT2D eigenvalue weighted by Gasteiger charge is 2.13. The SMILES string of the molecule is CC(C)C(C)C.Cc1cc(Oc2ccccc2)cc(C)c1-n1ccnc1-c1ccccc1. The maximum atomic E-state index is 6.00. The van der Waals surface area contributed by atoms with Crippen molar-refractivity contribution in [2.75, 3.05) is 0 Å². The van der Waals surface area contributed by atoms with Crippen LogP contribution in [0.15, 0.2) is 85.2 Å². The van der Waals surface area contributed by atoms with Crippen molar-refractivity contribution < 1.29 is 4.74 Å². The highest BCUT2D eigenvalue weighted by molar-refractivity contribution is 5.62. The molecule has 3 heteroatoms. The second kappa shape index (κ2) is 10.8. The number of imidazole rings is 1. The molecule has 166 valence electrons. The highest BCUT2D eigenvalue weighted by Crippen LogP contribution is 2.31. The van der Waals surface area contributed by atoms with Crippen LogP contribution in [-0.4, -0.2) is 9.55 Å². The molecule has 0 aliphatic rings. The average Bonchev–Trinajstić information content (AvgIpc) is 3.24. The van der Waals surface area contributed by atoms with Crippen molar-refractivity contribution in [3.05, 3.63) is 96.3 Å². The lowest BCUT2D eigenvalue weighted by atomic mass is 10.0. The summed E-state index contributed by atoms with van der Waals surface area (Å²) < 4.78 is 8.15. The molecule has 0 bridgehead atoms. The second-order valence-corrected chi connectivity index (χ2v) is 8.80. The number of nitrogens with zero attached hydrogens (tertiary/aromatic N) is 2. The van der Waals surface area contributed by atoms with Crippen molar-refractivity contribution in [1.82, 2.24) is 9.55 Å². The largest absolute Gasteiger partial charge is 0.457 e. The van der Waals surface area contributed by atoms with E-state index in [1.165, 1.54) is 0 Å². The Morgan fingerprint density at radius 3 is 1.78 bits per heavy atom. The third-order valence-corrected chi connectivity index (χ3v) is 5.69. The predicted octanol–water partition coefficient (Wildman–Crippen LogP) is 8.25. The Morgan fingerprint density at radius 2 is 1.25 bits per heavy atom. The van der Waals surface area contributed by atoms with Gasteiger partial charge in [-0.05, 0) is 61.1 Å². The number of ether oxygens (including phenoxy) is 1. The van der Waals surface area contributed by atoms with Crippen LogP contribution < -0.4 is 4.74 Å². The molecule has 32 heavy (non-hydrogen) atoms. The quantitative estimate of drug-likeness (QED) is 0.321. The third-order valence-electron chi connectivity index (χ3n) is 5.69. The van der Waals surface area contributed by atoms with Crippen LogP contribution in [0, 0.1) is 25.7 Å². The molecule has 1 aromatic heterocycles. The molecule has 0 unspecified atom stereocenters. The van der Waals surface area contributed by atoms with Crippen molar-refractivity contribution in [2.45, 2.75) is 41.5 Å². The molecule has 0 amide bonds. The van der Waals surface area contributed by atoms with Crippen LogP contribution in [0.4, 0.5) is 0 Å². The Hall–Kier alpha value is -3.33. The zero-order valence-electron chi connectivity index (χ0n) is 20.0. The van der Waals surface area contributed by atoms with E-state index in [-0.39, 0.29) is 0 Å². The Morgan fingerprint density at radius 1 is 0.719 bits per heavy atom. The molecule has 0 atom stereocenters. The van der Waals surface area contributed by atoms with Gasteiger partial charge in [-0.1, -0.05) is 76.2 Å². The van der Waals surface area contributed by atoms with Crippen molar-refractivity contribution >= 4 is 0 Å². The number of aryl methyl sites for hydroxylation is 2. The highest BCUT2D eigenvalue weighted by atomic mass is 16.5. The van der Waals surface area contributed by atoms with E-state index in [1.807, 2.05) is 60.9 Å². The fraction of sp³-hybridized carbons (Fsp3) is 0.276. The van der Waals surface area contributed by atoms with Crippen LogP contribution >= 0.6 is 0 Å². The summed E-state index contributed by atoms with van der Waals surface area (Å²) in [7, 11) is 0. The van der Waals surface area contributed by atoms with Gasteiger partial charge in [-0.25, -0.2) is 4.98 Å². The topological polar surface area (TPSA) is 27.1 Å². The number of benzene rings is 3. The van der Waals surface area contributed by atoms with Crippen LogP contribution in [-0.2, 0) is 0 Å². The van der Waals surface area contributed by atoms with Gasteiger partial charge in [0, 0.05) is 18.0 Å². The van der Waals surface area contributed by atoms with Gasteiger partial charge in [0.25, 0.3) is 0 Å². The summed E-state index contributed by atoms with van der Waals surface area (Å²) in [5.74, 6) is 4.33. The normalized spacial score (nSPS) is 10.8. The maximum Gasteiger partial charge on any atom is 0.144 e. The third kappa shape index (κ3) is 5.88. The minimum atomic E-state index is 0.839. The zero-order chi connectivity index (χ0) is 23.1. The van der Waals surface area contributed by atoms with E-state index in [0.29, 0.717) is 0 Å². The van der Waals surface area contributed by atoms with E-state index in [0.717, 1.165) is 51.5 Å². The van der Waals surface area contributed by atoms with Gasteiger partial charge in [0.05, 0.1) is 5.69 Å². The van der Waals surface area contributed by atoms with E-state index >= 15 is 0 Å². The first-order chi connectivity index (χ1) is 15.4. The van der Waals surface area contributed by atoms with Crippen LogP contribution in [0.5, 0.6) is 11.5 Å². The molecule has 4 aromatic rings. The zero-order valence-corrected chi connectivity index (χ0v) is 20.0. The number of rotatable bonds is 5. The minimum absolute atomic E-state index is 0.839. The molecule has 3 aromatic carbocycles. The minimum Gasteiger partial charge on any atom is -0.457 e. The van der Waals surface area contributed by atoms with Gasteiger partial charge in [-0.15, -0.1) is 0 Å². The summed E-state index contributed by atoms with van der Waals surface area (Å²) in [5, 5.41) is 0. The molecular formula is C29H34N2O. The molecule has 3 nitrogen and oxygen atoms in total. The fourth-order valence-electron chi connectivity index (χ4n) is 3.26. The van der Waals surface area contributed by atoms with Gasteiger partial charge in [-0.2, -0.15) is 0 Å². The molecular weight excluding hydrogens is 392 g/mol. The summed E-state index contributed by atoms with van der Waals surface area (Å²) in [5.41, 5.74) is 4.53. The molecule has 4 rings (SSSR count). The van der Waals surface area contributed by atoms with Gasteiger partial charge < -0.3 is 4.74 Å². The van der Waals surface area contributed by atoms with E-state index in [4.69, 9.17) is 4.74 Å². The molecule has 0 radical (unpaired) electrons. The van der Waals surface area contributed by atoms with E-state index < -0.39 is 0 Å². The van der Waals surface area contributed by atoms with Gasteiger partial charge in [0.2, 0.25) is 0 Å². The first-order valence-electron chi connectivity index (χ1n) is 11.3. The summed E-state index contributed by atoms with van der Waals surface area (Å²) in [6, 6.07) is 24.2. The van der Waals surface area contributed by atoms with Crippen LogP contribution in [0.2, 0.25) is 0 Å². The number of aromatic nitrogens is 2. The summed E-state index contributed by atoms with van der Waals surface area (Å²) in [6.07, 6.45) is 3.85. The van der Waals surface area contributed by atoms with Crippen molar-refractivity contribution in [1.29, 1.82) is 0 Å². The number of hydrogen-bond donors (Lipinski definition) is 0. The maximum absolute atomic E-state index is 6.00. The van der Waals surface area contributed by atoms with E-state index in [9.17, 15) is 0 Å². The van der Waals surface area contributed by atoms with E-state index in [1.54, 1.807) is 0 Å². The standard InChI is InChI=1S/C23H20N2O.C6H14/c1-17-15-21(26-20-11-7-4-8-12-20)16-18(2)22(17)25-14-13-24-23(25)19-9-5-3-6-10-19;1-5(2)6(3)4/h3-16H,1-2H3;5-6H,1-4H3. The van der Waals surface area contributed by atoms with E-state index in [2.05, 4.69) is 75.4 Å². The molecule has 0 N–H and O–H groups in total. The lowest BCUT2D eigenvalue weighted by molar-refractivity contribution is 0.457. The number of para-hydroxylation sites is 1. The van der Waals surface area contributed by atoms with Crippen molar-refractivity contribution in [3.63, 3.8) is 0 Å². The Bertz CT molecular complexity index is 1080. The van der Waals surface area contributed by atoms with Gasteiger partial charge in [0.15, 0.2) is 0 Å².